The zero-order valence-corrected chi connectivity index (χ0v) is 9.27. The largest absolute Gasteiger partial charge is 0.493 e. The molecule has 1 aromatic carbocycles. The van der Waals surface area contributed by atoms with Crippen LogP contribution in [0.4, 0.5) is 10.1 Å². The third-order valence-electron chi connectivity index (χ3n) is 2.32. The number of anilines is 1. The van der Waals surface area contributed by atoms with Crippen molar-refractivity contribution in [3.63, 3.8) is 0 Å². The topological polar surface area (TPSA) is 48.1 Å². The number of halogens is 1. The molecule has 0 bridgehead atoms. The Morgan fingerprint density at radius 1 is 1.24 bits per heavy atom. The van der Waals surface area contributed by atoms with Gasteiger partial charge in [0.1, 0.15) is 11.6 Å². The van der Waals surface area contributed by atoms with Gasteiger partial charge in [0.25, 0.3) is 0 Å². The van der Waals surface area contributed by atoms with Crippen LogP contribution in [-0.4, -0.2) is 11.6 Å². The first kappa shape index (κ1) is 11.4. The van der Waals surface area contributed by atoms with Gasteiger partial charge in [-0.1, -0.05) is 6.07 Å². The first-order chi connectivity index (χ1) is 8.25. The van der Waals surface area contributed by atoms with Crippen LogP contribution >= 0.6 is 0 Å². The number of ether oxygens (including phenoxy) is 1. The van der Waals surface area contributed by atoms with E-state index in [9.17, 15) is 4.39 Å². The van der Waals surface area contributed by atoms with Crippen LogP contribution < -0.4 is 10.5 Å². The van der Waals surface area contributed by atoms with Gasteiger partial charge in [-0.2, -0.15) is 0 Å². The van der Waals surface area contributed by atoms with Gasteiger partial charge in [-0.15, -0.1) is 0 Å². The molecule has 0 aliphatic carbocycles. The quantitative estimate of drug-likeness (QED) is 0.823. The molecular weight excluding hydrogens is 219 g/mol. The van der Waals surface area contributed by atoms with Crippen molar-refractivity contribution < 1.29 is 9.13 Å². The average Bonchev–Trinajstić information content (AvgIpc) is 2.35. The van der Waals surface area contributed by atoms with E-state index in [1.807, 2.05) is 18.2 Å². The Hall–Kier alpha value is -2.10. The summed E-state index contributed by atoms with van der Waals surface area (Å²) in [6.07, 6.45) is 2.42. The summed E-state index contributed by atoms with van der Waals surface area (Å²) in [5.41, 5.74) is 6.44. The molecule has 0 aliphatic heterocycles. The number of nitrogens with zero attached hydrogens (tertiary/aromatic N) is 1. The number of nitrogens with two attached hydrogens (primary N) is 1. The lowest BCUT2D eigenvalue weighted by atomic mass is 10.3. The summed E-state index contributed by atoms with van der Waals surface area (Å²) in [6, 6.07) is 10.1. The smallest absolute Gasteiger partial charge is 0.149 e. The second-order valence-corrected chi connectivity index (χ2v) is 3.60. The summed E-state index contributed by atoms with van der Waals surface area (Å²) in [5.74, 6) is 0.0213. The van der Waals surface area contributed by atoms with E-state index in [0.717, 1.165) is 5.69 Å². The Balaban J connectivity index is 1.88. The van der Waals surface area contributed by atoms with Gasteiger partial charge in [0.15, 0.2) is 0 Å². The Kier molecular flexibility index (Phi) is 3.55. The molecule has 1 heterocycles. The number of hydrogen-bond acceptors (Lipinski definition) is 3. The van der Waals surface area contributed by atoms with Gasteiger partial charge in [-0.25, -0.2) is 4.39 Å². The van der Waals surface area contributed by atoms with E-state index in [1.165, 1.54) is 12.1 Å². The second-order valence-electron chi connectivity index (χ2n) is 3.60. The fourth-order valence-electron chi connectivity index (χ4n) is 1.42. The van der Waals surface area contributed by atoms with Gasteiger partial charge in [-0.3, -0.25) is 4.98 Å². The van der Waals surface area contributed by atoms with Crippen LogP contribution in [0.5, 0.6) is 5.75 Å². The molecule has 88 valence electrons. The lowest BCUT2D eigenvalue weighted by Crippen LogP contribution is -2.03. The highest BCUT2D eigenvalue weighted by atomic mass is 19.1. The van der Waals surface area contributed by atoms with Crippen molar-refractivity contribution in [2.45, 2.75) is 6.42 Å². The van der Waals surface area contributed by atoms with E-state index in [-0.39, 0.29) is 5.69 Å². The SMILES string of the molecule is Nc1ccc(OCCc2ccccn2)cc1F. The number of hydrogen-bond donors (Lipinski definition) is 1. The lowest BCUT2D eigenvalue weighted by molar-refractivity contribution is 0.319. The molecule has 0 saturated heterocycles. The molecule has 0 radical (unpaired) electrons. The number of nitrogen functional groups attached to an aromatic ring is 1. The van der Waals surface area contributed by atoms with Crippen LogP contribution in [0.25, 0.3) is 0 Å². The number of aromatic nitrogens is 1. The zero-order valence-electron chi connectivity index (χ0n) is 9.27. The van der Waals surface area contributed by atoms with E-state index in [1.54, 1.807) is 12.3 Å². The summed E-state index contributed by atoms with van der Waals surface area (Å²) in [7, 11) is 0. The third-order valence-corrected chi connectivity index (χ3v) is 2.32. The molecule has 0 amide bonds. The molecule has 2 aromatic rings. The Labute approximate surface area is 99.1 Å². The van der Waals surface area contributed by atoms with Crippen LogP contribution in [-0.2, 0) is 6.42 Å². The predicted octanol–water partition coefficient (Wildman–Crippen LogP) is 2.42. The van der Waals surface area contributed by atoms with E-state index in [2.05, 4.69) is 4.98 Å². The minimum absolute atomic E-state index is 0.127. The van der Waals surface area contributed by atoms with Crippen molar-refractivity contribution >= 4 is 5.69 Å². The Bertz CT molecular complexity index is 488. The molecule has 4 heteroatoms. The minimum Gasteiger partial charge on any atom is -0.493 e. The summed E-state index contributed by atoms with van der Waals surface area (Å²) in [5, 5.41) is 0. The normalized spacial score (nSPS) is 10.2. The molecular formula is C13H13FN2O. The van der Waals surface area contributed by atoms with E-state index >= 15 is 0 Å². The zero-order chi connectivity index (χ0) is 12.1. The summed E-state index contributed by atoms with van der Waals surface area (Å²) >= 11 is 0. The monoisotopic (exact) mass is 232 g/mol. The predicted molar refractivity (Wildman–Crippen MR) is 64.2 cm³/mol. The highest BCUT2D eigenvalue weighted by molar-refractivity contribution is 5.43. The average molecular weight is 232 g/mol. The molecule has 0 fully saturated rings. The molecule has 3 nitrogen and oxygen atoms in total. The maximum Gasteiger partial charge on any atom is 0.149 e. The number of rotatable bonds is 4. The van der Waals surface area contributed by atoms with Crippen molar-refractivity contribution in [2.75, 3.05) is 12.3 Å². The summed E-state index contributed by atoms with van der Waals surface area (Å²) in [6.45, 7) is 0.459. The lowest BCUT2D eigenvalue weighted by Gasteiger charge is -2.06. The molecule has 0 saturated carbocycles. The molecule has 0 atom stereocenters. The van der Waals surface area contributed by atoms with Crippen LogP contribution in [0.15, 0.2) is 42.6 Å². The van der Waals surface area contributed by atoms with Crippen LogP contribution in [0.3, 0.4) is 0 Å². The van der Waals surface area contributed by atoms with Gasteiger partial charge in [-0.05, 0) is 24.3 Å². The van der Waals surface area contributed by atoms with Gasteiger partial charge < -0.3 is 10.5 Å². The molecule has 2 N–H and O–H groups in total. The van der Waals surface area contributed by atoms with Crippen LogP contribution in [0.2, 0.25) is 0 Å². The van der Waals surface area contributed by atoms with Crippen molar-refractivity contribution in [3.8, 4) is 5.75 Å². The highest BCUT2D eigenvalue weighted by Crippen LogP contribution is 2.17. The van der Waals surface area contributed by atoms with Crippen molar-refractivity contribution in [3.05, 3.63) is 54.1 Å². The first-order valence-corrected chi connectivity index (χ1v) is 5.33. The third kappa shape index (κ3) is 3.17. The highest BCUT2D eigenvalue weighted by Gasteiger charge is 2.01. The van der Waals surface area contributed by atoms with Gasteiger partial charge >= 0.3 is 0 Å². The van der Waals surface area contributed by atoms with Gasteiger partial charge in [0.05, 0.1) is 12.3 Å². The van der Waals surface area contributed by atoms with Gasteiger partial charge in [0.2, 0.25) is 0 Å². The Morgan fingerprint density at radius 3 is 2.82 bits per heavy atom. The van der Waals surface area contributed by atoms with Crippen LogP contribution in [0, 0.1) is 5.82 Å². The molecule has 0 aliphatic rings. The van der Waals surface area contributed by atoms with E-state index in [0.29, 0.717) is 18.8 Å². The second kappa shape index (κ2) is 5.30. The standard InChI is InChI=1S/C13H13FN2O/c14-12-9-11(4-5-13(12)15)17-8-6-10-3-1-2-7-16-10/h1-5,7,9H,6,8,15H2. The maximum absolute atomic E-state index is 13.1. The number of benzene rings is 1. The van der Waals surface area contributed by atoms with Crippen molar-refractivity contribution in [2.24, 2.45) is 0 Å². The van der Waals surface area contributed by atoms with Crippen molar-refractivity contribution in [1.82, 2.24) is 4.98 Å². The van der Waals surface area contributed by atoms with Crippen LogP contribution in [0.1, 0.15) is 5.69 Å². The fraction of sp³-hybridized carbons (Fsp3) is 0.154. The van der Waals surface area contributed by atoms with E-state index < -0.39 is 5.82 Å². The number of pyridine rings is 1. The molecule has 0 spiro atoms. The van der Waals surface area contributed by atoms with Crippen molar-refractivity contribution in [1.29, 1.82) is 0 Å². The summed E-state index contributed by atoms with van der Waals surface area (Å²) < 4.78 is 18.5. The first-order valence-electron chi connectivity index (χ1n) is 5.33. The minimum atomic E-state index is -0.458. The molecule has 0 unspecified atom stereocenters. The fourth-order valence-corrected chi connectivity index (χ4v) is 1.42. The molecule has 2 rings (SSSR count). The Morgan fingerprint density at radius 2 is 2.12 bits per heavy atom. The molecule has 1 aromatic heterocycles. The molecule has 17 heavy (non-hydrogen) atoms. The van der Waals surface area contributed by atoms with E-state index in [4.69, 9.17) is 10.5 Å². The van der Waals surface area contributed by atoms with Gasteiger partial charge in [0, 0.05) is 24.4 Å². The summed E-state index contributed by atoms with van der Waals surface area (Å²) in [4.78, 5) is 4.17. The maximum atomic E-state index is 13.1.